The largest absolute Gasteiger partial charge is 0.457 e. The van der Waals surface area contributed by atoms with Gasteiger partial charge < -0.3 is 10.5 Å². The van der Waals surface area contributed by atoms with Gasteiger partial charge in [0.25, 0.3) is 0 Å². The number of benzene rings is 2. The van der Waals surface area contributed by atoms with Crippen molar-refractivity contribution in [3.8, 4) is 11.5 Å². The Hall–Kier alpha value is -1.87. The van der Waals surface area contributed by atoms with Gasteiger partial charge in [-0.3, -0.25) is 0 Å². The molecule has 0 spiro atoms. The first-order valence-corrected chi connectivity index (χ1v) is 5.51. The quantitative estimate of drug-likeness (QED) is 0.877. The molecule has 88 valence electrons. The molecule has 0 unspecified atom stereocenters. The van der Waals surface area contributed by atoms with E-state index in [4.69, 9.17) is 10.5 Å². The van der Waals surface area contributed by atoms with Crippen molar-refractivity contribution in [3.63, 3.8) is 0 Å². The van der Waals surface area contributed by atoms with Crippen molar-refractivity contribution >= 4 is 0 Å². The van der Waals surface area contributed by atoms with Gasteiger partial charge in [-0.15, -0.1) is 0 Å². The normalized spacial score (nSPS) is 10.2. The second kappa shape index (κ2) is 5.46. The molecule has 0 atom stereocenters. The van der Waals surface area contributed by atoms with Crippen LogP contribution in [0.5, 0.6) is 11.5 Å². The first-order chi connectivity index (χ1) is 8.29. The van der Waals surface area contributed by atoms with Crippen LogP contribution in [0.3, 0.4) is 0 Å². The molecule has 0 saturated heterocycles. The maximum absolute atomic E-state index is 12.8. The summed E-state index contributed by atoms with van der Waals surface area (Å²) in [6.07, 6.45) is 0.761. The SMILES string of the molecule is NCCc1ccccc1Oc1ccc(F)cc1. The maximum Gasteiger partial charge on any atom is 0.130 e. The van der Waals surface area contributed by atoms with E-state index in [1.807, 2.05) is 24.3 Å². The smallest absolute Gasteiger partial charge is 0.130 e. The number of ether oxygens (including phenoxy) is 1. The zero-order valence-corrected chi connectivity index (χ0v) is 9.40. The molecule has 0 fully saturated rings. The van der Waals surface area contributed by atoms with Gasteiger partial charge in [0, 0.05) is 0 Å². The zero-order valence-electron chi connectivity index (χ0n) is 9.40. The number of hydrogen-bond donors (Lipinski definition) is 1. The molecule has 0 amide bonds. The minimum atomic E-state index is -0.271. The third kappa shape index (κ3) is 3.04. The van der Waals surface area contributed by atoms with Crippen molar-refractivity contribution in [2.75, 3.05) is 6.54 Å². The molecule has 0 aliphatic heterocycles. The van der Waals surface area contributed by atoms with Crippen LogP contribution in [-0.2, 0) is 6.42 Å². The van der Waals surface area contributed by atoms with Crippen LogP contribution in [0, 0.1) is 5.82 Å². The Balaban J connectivity index is 2.20. The molecule has 2 rings (SSSR count). The van der Waals surface area contributed by atoms with Gasteiger partial charge in [0.2, 0.25) is 0 Å². The molecule has 2 aromatic carbocycles. The van der Waals surface area contributed by atoms with Gasteiger partial charge in [-0.2, -0.15) is 0 Å². The Morgan fingerprint density at radius 1 is 1.00 bits per heavy atom. The van der Waals surface area contributed by atoms with Crippen LogP contribution in [-0.4, -0.2) is 6.54 Å². The van der Waals surface area contributed by atoms with E-state index in [9.17, 15) is 4.39 Å². The van der Waals surface area contributed by atoms with Crippen molar-refractivity contribution in [2.45, 2.75) is 6.42 Å². The Labute approximate surface area is 99.8 Å². The predicted octanol–water partition coefficient (Wildman–Crippen LogP) is 3.12. The minimum absolute atomic E-state index is 0.271. The number of nitrogens with two attached hydrogens (primary N) is 1. The van der Waals surface area contributed by atoms with Crippen molar-refractivity contribution in [1.82, 2.24) is 0 Å². The average molecular weight is 231 g/mol. The lowest BCUT2D eigenvalue weighted by molar-refractivity contribution is 0.474. The van der Waals surface area contributed by atoms with Crippen LogP contribution in [0.15, 0.2) is 48.5 Å². The van der Waals surface area contributed by atoms with Crippen LogP contribution < -0.4 is 10.5 Å². The van der Waals surface area contributed by atoms with Gasteiger partial charge in [0.1, 0.15) is 17.3 Å². The maximum atomic E-state index is 12.8. The molecule has 3 heteroatoms. The van der Waals surface area contributed by atoms with Crippen LogP contribution in [0.4, 0.5) is 4.39 Å². The van der Waals surface area contributed by atoms with Crippen molar-refractivity contribution in [2.24, 2.45) is 5.73 Å². The molecule has 0 heterocycles. The average Bonchev–Trinajstić information content (AvgIpc) is 2.35. The van der Waals surface area contributed by atoms with E-state index in [-0.39, 0.29) is 5.82 Å². The molecular formula is C14H14FNO. The summed E-state index contributed by atoms with van der Waals surface area (Å²) in [7, 11) is 0. The third-order valence-corrected chi connectivity index (χ3v) is 2.43. The highest BCUT2D eigenvalue weighted by molar-refractivity contribution is 5.38. The Morgan fingerprint density at radius 2 is 1.71 bits per heavy atom. The van der Waals surface area contributed by atoms with Crippen molar-refractivity contribution < 1.29 is 9.13 Å². The van der Waals surface area contributed by atoms with Gasteiger partial charge in [0.15, 0.2) is 0 Å². The Bertz CT molecular complexity index is 482. The third-order valence-electron chi connectivity index (χ3n) is 2.43. The summed E-state index contributed by atoms with van der Waals surface area (Å²) in [5.74, 6) is 1.12. The van der Waals surface area contributed by atoms with Crippen LogP contribution >= 0.6 is 0 Å². The number of rotatable bonds is 4. The van der Waals surface area contributed by atoms with Gasteiger partial charge in [-0.25, -0.2) is 4.39 Å². The van der Waals surface area contributed by atoms with E-state index in [1.54, 1.807) is 12.1 Å². The van der Waals surface area contributed by atoms with Gasteiger partial charge in [-0.05, 0) is 48.9 Å². The first kappa shape index (κ1) is 11.6. The van der Waals surface area contributed by atoms with Crippen molar-refractivity contribution in [1.29, 1.82) is 0 Å². The Kier molecular flexibility index (Phi) is 3.73. The second-order valence-electron chi connectivity index (χ2n) is 3.70. The summed E-state index contributed by atoms with van der Waals surface area (Å²) in [5, 5.41) is 0. The topological polar surface area (TPSA) is 35.2 Å². The highest BCUT2D eigenvalue weighted by Gasteiger charge is 2.03. The summed E-state index contributed by atoms with van der Waals surface area (Å²) in [5.41, 5.74) is 6.59. The van der Waals surface area contributed by atoms with E-state index in [2.05, 4.69) is 0 Å². The molecule has 2 aromatic rings. The van der Waals surface area contributed by atoms with Crippen molar-refractivity contribution in [3.05, 3.63) is 59.9 Å². The number of para-hydroxylation sites is 1. The first-order valence-electron chi connectivity index (χ1n) is 5.51. The molecule has 0 radical (unpaired) electrons. The summed E-state index contributed by atoms with van der Waals surface area (Å²) in [6.45, 7) is 0.573. The summed E-state index contributed by atoms with van der Waals surface area (Å²) in [6, 6.07) is 13.7. The summed E-state index contributed by atoms with van der Waals surface area (Å²) in [4.78, 5) is 0. The molecule has 2 nitrogen and oxygen atoms in total. The molecule has 17 heavy (non-hydrogen) atoms. The lowest BCUT2D eigenvalue weighted by Gasteiger charge is -2.10. The lowest BCUT2D eigenvalue weighted by atomic mass is 10.1. The highest BCUT2D eigenvalue weighted by atomic mass is 19.1. The fourth-order valence-electron chi connectivity index (χ4n) is 1.60. The molecule has 0 aliphatic rings. The van der Waals surface area contributed by atoms with E-state index in [0.29, 0.717) is 12.3 Å². The number of hydrogen-bond acceptors (Lipinski definition) is 2. The molecule has 2 N–H and O–H groups in total. The highest BCUT2D eigenvalue weighted by Crippen LogP contribution is 2.25. The molecule has 0 saturated carbocycles. The van der Waals surface area contributed by atoms with Gasteiger partial charge >= 0.3 is 0 Å². The monoisotopic (exact) mass is 231 g/mol. The summed E-state index contributed by atoms with van der Waals surface area (Å²) >= 11 is 0. The van der Waals surface area contributed by atoms with Crippen LogP contribution in [0.25, 0.3) is 0 Å². The van der Waals surface area contributed by atoms with Gasteiger partial charge in [0.05, 0.1) is 0 Å². The number of halogens is 1. The molecule has 0 aromatic heterocycles. The standard InChI is InChI=1S/C14H14FNO/c15-12-5-7-13(8-6-12)17-14-4-2-1-3-11(14)9-10-16/h1-8H,9-10,16H2. The fraction of sp³-hybridized carbons (Fsp3) is 0.143. The minimum Gasteiger partial charge on any atom is -0.457 e. The van der Waals surface area contributed by atoms with E-state index in [1.165, 1.54) is 12.1 Å². The van der Waals surface area contributed by atoms with Crippen LogP contribution in [0.2, 0.25) is 0 Å². The second-order valence-corrected chi connectivity index (χ2v) is 3.70. The predicted molar refractivity (Wildman–Crippen MR) is 65.7 cm³/mol. The summed E-state index contributed by atoms with van der Waals surface area (Å²) < 4.78 is 18.4. The molecule has 0 bridgehead atoms. The molecular weight excluding hydrogens is 217 g/mol. The van der Waals surface area contributed by atoms with Gasteiger partial charge in [-0.1, -0.05) is 18.2 Å². The zero-order chi connectivity index (χ0) is 12.1. The molecule has 0 aliphatic carbocycles. The van der Waals surface area contributed by atoms with E-state index >= 15 is 0 Å². The fourth-order valence-corrected chi connectivity index (χ4v) is 1.60. The van der Waals surface area contributed by atoms with Crippen LogP contribution in [0.1, 0.15) is 5.56 Å². The van der Waals surface area contributed by atoms with E-state index < -0.39 is 0 Å². The lowest BCUT2D eigenvalue weighted by Crippen LogP contribution is -2.03. The Morgan fingerprint density at radius 3 is 2.41 bits per heavy atom. The van der Waals surface area contributed by atoms with E-state index in [0.717, 1.165) is 17.7 Å².